The summed E-state index contributed by atoms with van der Waals surface area (Å²) < 4.78 is 5.48. The molecule has 7 nitrogen and oxygen atoms in total. The second-order valence-electron chi connectivity index (χ2n) is 6.85. The monoisotopic (exact) mass is 355 g/mol. The first-order valence-electron chi connectivity index (χ1n) is 8.79. The Morgan fingerprint density at radius 1 is 1.31 bits per heavy atom. The molecular formula is C19H25N5O2. The Morgan fingerprint density at radius 3 is 2.69 bits per heavy atom. The van der Waals surface area contributed by atoms with Gasteiger partial charge in [0.15, 0.2) is 5.82 Å². The average Bonchev–Trinajstić information content (AvgIpc) is 2.67. The predicted molar refractivity (Wildman–Crippen MR) is 98.8 cm³/mol. The smallest absolute Gasteiger partial charge is 0.254 e. The van der Waals surface area contributed by atoms with Crippen molar-refractivity contribution in [3.63, 3.8) is 0 Å². The van der Waals surface area contributed by atoms with Crippen LogP contribution < -0.4 is 5.32 Å². The van der Waals surface area contributed by atoms with E-state index in [-0.39, 0.29) is 11.4 Å². The van der Waals surface area contributed by atoms with E-state index in [0.717, 1.165) is 31.6 Å². The number of pyridine rings is 1. The summed E-state index contributed by atoms with van der Waals surface area (Å²) >= 11 is 0. The van der Waals surface area contributed by atoms with Crippen molar-refractivity contribution < 1.29 is 9.53 Å². The van der Waals surface area contributed by atoms with Crippen LogP contribution >= 0.6 is 0 Å². The Balaban J connectivity index is 1.72. The topological polar surface area (TPSA) is 80.2 Å². The van der Waals surface area contributed by atoms with E-state index in [4.69, 9.17) is 4.74 Å². The maximum atomic E-state index is 12.7. The molecule has 26 heavy (non-hydrogen) atoms. The van der Waals surface area contributed by atoms with Gasteiger partial charge in [0.1, 0.15) is 0 Å². The number of nitrogens with one attached hydrogen (secondary N) is 1. The zero-order chi connectivity index (χ0) is 18.6. The van der Waals surface area contributed by atoms with Crippen molar-refractivity contribution in [1.82, 2.24) is 25.2 Å². The second-order valence-corrected chi connectivity index (χ2v) is 6.85. The van der Waals surface area contributed by atoms with Crippen molar-refractivity contribution in [2.24, 2.45) is 0 Å². The molecule has 138 valence electrons. The van der Waals surface area contributed by atoms with Crippen LogP contribution in [0.4, 0.5) is 0 Å². The van der Waals surface area contributed by atoms with Crippen LogP contribution in [0.25, 0.3) is 11.4 Å². The van der Waals surface area contributed by atoms with E-state index < -0.39 is 0 Å². The lowest BCUT2D eigenvalue weighted by molar-refractivity contribution is -0.00658. The van der Waals surface area contributed by atoms with Gasteiger partial charge in [-0.05, 0) is 46.0 Å². The SMILES string of the molecule is Cc1nc(-c2cccnc2)ncc1C(=O)NCC1(N(C)C)CCOCC1. The standard InChI is InChI=1S/C19H25N5O2/c1-14-16(12-21-17(23-14)15-5-4-8-20-11-15)18(25)22-13-19(24(2)3)6-9-26-10-7-19/h4-5,8,11-12H,6-7,9-10,13H2,1-3H3,(H,22,25). The van der Waals surface area contributed by atoms with E-state index in [1.54, 1.807) is 18.6 Å². The highest BCUT2D eigenvalue weighted by atomic mass is 16.5. The fraction of sp³-hybridized carbons (Fsp3) is 0.474. The number of aromatic nitrogens is 3. The van der Waals surface area contributed by atoms with Gasteiger partial charge in [-0.1, -0.05) is 0 Å². The van der Waals surface area contributed by atoms with Crippen LogP contribution in [0.1, 0.15) is 28.9 Å². The Hall–Kier alpha value is -2.38. The number of hydrogen-bond acceptors (Lipinski definition) is 6. The lowest BCUT2D eigenvalue weighted by Crippen LogP contribution is -2.55. The lowest BCUT2D eigenvalue weighted by atomic mass is 9.88. The van der Waals surface area contributed by atoms with Crippen LogP contribution in [-0.4, -0.2) is 65.2 Å². The van der Waals surface area contributed by atoms with E-state index in [0.29, 0.717) is 23.6 Å². The van der Waals surface area contributed by atoms with E-state index in [2.05, 4.69) is 39.3 Å². The number of carbonyl (C=O) groups is 1. The van der Waals surface area contributed by atoms with Gasteiger partial charge in [-0.25, -0.2) is 9.97 Å². The molecule has 0 atom stereocenters. The van der Waals surface area contributed by atoms with Gasteiger partial charge in [-0.15, -0.1) is 0 Å². The largest absolute Gasteiger partial charge is 0.381 e. The maximum Gasteiger partial charge on any atom is 0.254 e. The molecule has 1 aliphatic heterocycles. The number of likely N-dealkylation sites (N-methyl/N-ethyl adjacent to an activating group) is 1. The Morgan fingerprint density at radius 2 is 2.08 bits per heavy atom. The quantitative estimate of drug-likeness (QED) is 0.879. The third-order valence-corrected chi connectivity index (χ3v) is 5.09. The van der Waals surface area contributed by atoms with Gasteiger partial charge in [0.05, 0.1) is 11.3 Å². The van der Waals surface area contributed by atoms with Gasteiger partial charge in [0, 0.05) is 49.5 Å². The Bertz CT molecular complexity index is 758. The molecule has 0 unspecified atom stereocenters. The first-order valence-corrected chi connectivity index (χ1v) is 8.79. The molecule has 1 aliphatic rings. The molecule has 2 aromatic heterocycles. The molecule has 7 heteroatoms. The molecule has 2 aromatic rings. The van der Waals surface area contributed by atoms with E-state index >= 15 is 0 Å². The van der Waals surface area contributed by atoms with Gasteiger partial charge >= 0.3 is 0 Å². The molecular weight excluding hydrogens is 330 g/mol. The highest BCUT2D eigenvalue weighted by molar-refractivity contribution is 5.95. The van der Waals surface area contributed by atoms with Gasteiger partial charge in [0.25, 0.3) is 5.91 Å². The summed E-state index contributed by atoms with van der Waals surface area (Å²) in [7, 11) is 4.10. The van der Waals surface area contributed by atoms with Crippen LogP contribution in [0.15, 0.2) is 30.7 Å². The molecule has 1 N–H and O–H groups in total. The second kappa shape index (κ2) is 7.88. The summed E-state index contributed by atoms with van der Waals surface area (Å²) in [6.45, 7) is 3.84. The summed E-state index contributed by atoms with van der Waals surface area (Å²) in [6.07, 6.45) is 6.80. The number of carbonyl (C=O) groups excluding carboxylic acids is 1. The third-order valence-electron chi connectivity index (χ3n) is 5.09. The number of amides is 1. The van der Waals surface area contributed by atoms with Gasteiger partial charge in [-0.3, -0.25) is 9.78 Å². The Labute approximate surface area is 153 Å². The fourth-order valence-corrected chi connectivity index (χ4v) is 3.20. The first kappa shape index (κ1) is 18.4. The summed E-state index contributed by atoms with van der Waals surface area (Å²) in [4.78, 5) is 27.7. The van der Waals surface area contributed by atoms with Gasteiger partial charge in [0.2, 0.25) is 0 Å². The van der Waals surface area contributed by atoms with Crippen molar-refractivity contribution in [3.05, 3.63) is 42.0 Å². The van der Waals surface area contributed by atoms with Gasteiger partial charge < -0.3 is 15.0 Å². The number of ether oxygens (including phenoxy) is 1. The summed E-state index contributed by atoms with van der Waals surface area (Å²) in [5, 5.41) is 3.06. The van der Waals surface area contributed by atoms with E-state index in [1.165, 1.54) is 0 Å². The number of rotatable bonds is 5. The fourth-order valence-electron chi connectivity index (χ4n) is 3.20. The van der Waals surface area contributed by atoms with Crippen molar-refractivity contribution >= 4 is 5.91 Å². The number of hydrogen-bond donors (Lipinski definition) is 1. The van der Waals surface area contributed by atoms with Crippen LogP contribution in [0.2, 0.25) is 0 Å². The van der Waals surface area contributed by atoms with E-state index in [9.17, 15) is 4.79 Å². The van der Waals surface area contributed by atoms with Crippen molar-refractivity contribution in [2.45, 2.75) is 25.3 Å². The molecule has 0 radical (unpaired) electrons. The van der Waals surface area contributed by atoms with Crippen LogP contribution in [0.3, 0.4) is 0 Å². The van der Waals surface area contributed by atoms with Gasteiger partial charge in [-0.2, -0.15) is 0 Å². The summed E-state index contributed by atoms with van der Waals surface area (Å²) in [5.74, 6) is 0.425. The minimum absolute atomic E-state index is 0.0711. The molecule has 1 fully saturated rings. The number of aryl methyl sites for hydroxylation is 1. The summed E-state index contributed by atoms with van der Waals surface area (Å²) in [6, 6.07) is 3.73. The zero-order valence-corrected chi connectivity index (χ0v) is 15.5. The van der Waals surface area contributed by atoms with Crippen molar-refractivity contribution in [2.75, 3.05) is 33.9 Å². The highest BCUT2D eigenvalue weighted by Crippen LogP contribution is 2.25. The van der Waals surface area contributed by atoms with Crippen molar-refractivity contribution in [3.8, 4) is 11.4 Å². The number of nitrogens with zero attached hydrogens (tertiary/aromatic N) is 4. The molecule has 0 saturated carbocycles. The average molecular weight is 355 g/mol. The van der Waals surface area contributed by atoms with Crippen LogP contribution in [0, 0.1) is 6.92 Å². The normalized spacial score (nSPS) is 16.5. The molecule has 0 bridgehead atoms. The molecule has 1 saturated heterocycles. The van der Waals surface area contributed by atoms with Crippen LogP contribution in [0.5, 0.6) is 0 Å². The van der Waals surface area contributed by atoms with Crippen LogP contribution in [-0.2, 0) is 4.74 Å². The maximum absolute atomic E-state index is 12.7. The highest BCUT2D eigenvalue weighted by Gasteiger charge is 2.35. The minimum Gasteiger partial charge on any atom is -0.381 e. The molecule has 1 amide bonds. The summed E-state index contributed by atoms with van der Waals surface area (Å²) in [5.41, 5.74) is 1.91. The molecule has 3 heterocycles. The predicted octanol–water partition coefficient (Wildman–Crippen LogP) is 1.69. The Kier molecular flexibility index (Phi) is 5.58. The van der Waals surface area contributed by atoms with E-state index in [1.807, 2.05) is 19.1 Å². The molecule has 3 rings (SSSR count). The lowest BCUT2D eigenvalue weighted by Gasteiger charge is -2.42. The minimum atomic E-state index is -0.145. The zero-order valence-electron chi connectivity index (χ0n) is 15.5. The molecule has 0 aromatic carbocycles. The molecule has 0 spiro atoms. The van der Waals surface area contributed by atoms with Crippen molar-refractivity contribution in [1.29, 1.82) is 0 Å². The first-order chi connectivity index (χ1) is 12.5. The molecule has 0 aliphatic carbocycles. The third kappa shape index (κ3) is 3.89.